The molecule has 2 nitrogen and oxygen atoms in total. The van der Waals surface area contributed by atoms with E-state index in [4.69, 9.17) is 0 Å². The van der Waals surface area contributed by atoms with Gasteiger partial charge in [-0.05, 0) is 39.0 Å². The molecule has 0 amide bonds. The van der Waals surface area contributed by atoms with Crippen LogP contribution < -0.4 is 4.90 Å². The first-order valence-corrected chi connectivity index (χ1v) is 6.85. The van der Waals surface area contributed by atoms with Crippen molar-refractivity contribution in [3.63, 3.8) is 0 Å². The molecular weight excluding hydrogens is 265 g/mol. The van der Waals surface area contributed by atoms with Gasteiger partial charge >= 0.3 is 6.18 Å². The fourth-order valence-electron chi connectivity index (χ4n) is 2.51. The molecule has 112 valence electrons. The number of hydrogen-bond acceptors (Lipinski definition) is 2. The molecule has 20 heavy (non-hydrogen) atoms. The molecule has 1 aliphatic heterocycles. The van der Waals surface area contributed by atoms with Crippen LogP contribution in [-0.2, 0) is 6.18 Å². The Labute approximate surface area is 118 Å². The maximum atomic E-state index is 12.7. The second-order valence-electron chi connectivity index (χ2n) is 6.19. The van der Waals surface area contributed by atoms with Gasteiger partial charge in [0.1, 0.15) is 0 Å². The van der Waals surface area contributed by atoms with E-state index in [-0.39, 0.29) is 5.54 Å². The number of halogens is 3. The van der Waals surface area contributed by atoms with Crippen molar-refractivity contribution in [1.29, 1.82) is 0 Å². The third kappa shape index (κ3) is 3.45. The lowest BCUT2D eigenvalue weighted by molar-refractivity contribution is -0.137. The monoisotopic (exact) mass is 286 g/mol. The highest BCUT2D eigenvalue weighted by molar-refractivity contribution is 5.49. The number of nitrogens with zero attached hydrogens (tertiary/aromatic N) is 2. The van der Waals surface area contributed by atoms with E-state index in [1.807, 2.05) is 4.90 Å². The third-order valence-corrected chi connectivity index (χ3v) is 3.77. The number of benzene rings is 1. The summed E-state index contributed by atoms with van der Waals surface area (Å²) in [5, 5.41) is 0. The summed E-state index contributed by atoms with van der Waals surface area (Å²) in [5.74, 6) is 0. The van der Waals surface area contributed by atoms with Gasteiger partial charge in [-0.1, -0.05) is 6.07 Å². The van der Waals surface area contributed by atoms with Crippen molar-refractivity contribution in [1.82, 2.24) is 4.90 Å². The molecule has 0 atom stereocenters. The molecule has 0 radical (unpaired) electrons. The van der Waals surface area contributed by atoms with Gasteiger partial charge in [-0.25, -0.2) is 0 Å². The molecule has 1 fully saturated rings. The van der Waals surface area contributed by atoms with Gasteiger partial charge in [0.05, 0.1) is 5.56 Å². The summed E-state index contributed by atoms with van der Waals surface area (Å²) in [5.41, 5.74) is 0.196. The highest BCUT2D eigenvalue weighted by Crippen LogP contribution is 2.32. The molecule has 1 aliphatic rings. The van der Waals surface area contributed by atoms with Crippen molar-refractivity contribution >= 4 is 5.69 Å². The Morgan fingerprint density at radius 3 is 2.05 bits per heavy atom. The average molecular weight is 286 g/mol. The van der Waals surface area contributed by atoms with Crippen LogP contribution in [0.2, 0.25) is 0 Å². The van der Waals surface area contributed by atoms with Crippen LogP contribution in [0.4, 0.5) is 18.9 Å². The molecule has 0 N–H and O–H groups in total. The van der Waals surface area contributed by atoms with E-state index in [9.17, 15) is 13.2 Å². The van der Waals surface area contributed by atoms with Crippen molar-refractivity contribution in [3.8, 4) is 0 Å². The Balaban J connectivity index is 2.08. The van der Waals surface area contributed by atoms with Crippen molar-refractivity contribution in [3.05, 3.63) is 29.8 Å². The van der Waals surface area contributed by atoms with E-state index < -0.39 is 11.7 Å². The van der Waals surface area contributed by atoms with E-state index in [1.54, 1.807) is 6.07 Å². The minimum absolute atomic E-state index is 0.111. The number of hydrogen-bond donors (Lipinski definition) is 0. The Morgan fingerprint density at radius 2 is 1.55 bits per heavy atom. The minimum atomic E-state index is -4.27. The molecule has 0 unspecified atom stereocenters. The number of piperazine rings is 1. The number of anilines is 1. The Morgan fingerprint density at radius 1 is 0.950 bits per heavy atom. The molecule has 2 rings (SSSR count). The molecule has 0 aromatic heterocycles. The molecule has 0 bridgehead atoms. The average Bonchev–Trinajstić information content (AvgIpc) is 2.37. The molecule has 1 saturated heterocycles. The molecule has 5 heteroatoms. The SMILES string of the molecule is CC(C)(C)N1CCN(c2cccc(C(F)(F)F)c2)CC1. The lowest BCUT2D eigenvalue weighted by Gasteiger charge is -2.43. The van der Waals surface area contributed by atoms with Crippen LogP contribution >= 0.6 is 0 Å². The van der Waals surface area contributed by atoms with Gasteiger partial charge in [-0.15, -0.1) is 0 Å². The van der Waals surface area contributed by atoms with E-state index in [2.05, 4.69) is 25.7 Å². The largest absolute Gasteiger partial charge is 0.416 e. The van der Waals surface area contributed by atoms with Gasteiger partial charge < -0.3 is 4.90 Å². The molecule has 1 heterocycles. The van der Waals surface area contributed by atoms with Crippen LogP contribution in [0, 0.1) is 0 Å². The topological polar surface area (TPSA) is 6.48 Å². The zero-order valence-corrected chi connectivity index (χ0v) is 12.2. The number of rotatable bonds is 1. The summed E-state index contributed by atoms with van der Waals surface area (Å²) in [4.78, 5) is 4.38. The van der Waals surface area contributed by atoms with Gasteiger partial charge in [0.25, 0.3) is 0 Å². The lowest BCUT2D eigenvalue weighted by Crippen LogP contribution is -2.53. The van der Waals surface area contributed by atoms with Crippen LogP contribution in [-0.4, -0.2) is 36.6 Å². The van der Waals surface area contributed by atoms with Crippen molar-refractivity contribution in [2.24, 2.45) is 0 Å². The van der Waals surface area contributed by atoms with Gasteiger partial charge in [0.15, 0.2) is 0 Å². The first kappa shape index (κ1) is 15.2. The molecule has 0 saturated carbocycles. The van der Waals surface area contributed by atoms with Crippen LogP contribution in [0.5, 0.6) is 0 Å². The molecule has 1 aromatic carbocycles. The van der Waals surface area contributed by atoms with Crippen LogP contribution in [0.1, 0.15) is 26.3 Å². The Kier molecular flexibility index (Phi) is 4.00. The first-order chi connectivity index (χ1) is 9.18. The quantitative estimate of drug-likeness (QED) is 0.778. The predicted molar refractivity (Wildman–Crippen MR) is 75.0 cm³/mol. The number of alkyl halides is 3. The van der Waals surface area contributed by atoms with Gasteiger partial charge in [0.2, 0.25) is 0 Å². The van der Waals surface area contributed by atoms with E-state index >= 15 is 0 Å². The van der Waals surface area contributed by atoms with Crippen molar-refractivity contribution < 1.29 is 13.2 Å². The fraction of sp³-hybridized carbons (Fsp3) is 0.600. The smallest absolute Gasteiger partial charge is 0.369 e. The Bertz CT molecular complexity index is 455. The molecule has 1 aromatic rings. The molecule has 0 aliphatic carbocycles. The summed E-state index contributed by atoms with van der Waals surface area (Å²) in [6.45, 7) is 9.75. The standard InChI is InChI=1S/C15H21F3N2/c1-14(2,3)20-9-7-19(8-10-20)13-6-4-5-12(11-13)15(16,17)18/h4-6,11H,7-10H2,1-3H3. The van der Waals surface area contributed by atoms with Crippen molar-refractivity contribution in [2.45, 2.75) is 32.5 Å². The maximum absolute atomic E-state index is 12.7. The normalized spacial score (nSPS) is 18.4. The lowest BCUT2D eigenvalue weighted by atomic mass is 10.0. The van der Waals surface area contributed by atoms with Gasteiger partial charge in [0, 0.05) is 37.4 Å². The second kappa shape index (κ2) is 5.28. The summed E-state index contributed by atoms with van der Waals surface area (Å²) < 4.78 is 38.2. The summed E-state index contributed by atoms with van der Waals surface area (Å²) in [6.07, 6.45) is -4.27. The van der Waals surface area contributed by atoms with Crippen LogP contribution in [0.15, 0.2) is 24.3 Å². The van der Waals surface area contributed by atoms with Crippen LogP contribution in [0.3, 0.4) is 0 Å². The van der Waals surface area contributed by atoms with Crippen LogP contribution in [0.25, 0.3) is 0 Å². The first-order valence-electron chi connectivity index (χ1n) is 6.85. The second-order valence-corrected chi connectivity index (χ2v) is 6.19. The maximum Gasteiger partial charge on any atom is 0.416 e. The summed E-state index contributed by atoms with van der Waals surface area (Å²) >= 11 is 0. The minimum Gasteiger partial charge on any atom is -0.369 e. The van der Waals surface area contributed by atoms with E-state index in [0.717, 1.165) is 32.2 Å². The molecular formula is C15H21F3N2. The predicted octanol–water partition coefficient (Wildman–Crippen LogP) is 3.63. The zero-order valence-electron chi connectivity index (χ0n) is 12.2. The molecule has 0 spiro atoms. The van der Waals surface area contributed by atoms with Gasteiger partial charge in [-0.3, -0.25) is 4.90 Å². The Hall–Kier alpha value is -1.23. The van der Waals surface area contributed by atoms with E-state index in [1.165, 1.54) is 12.1 Å². The van der Waals surface area contributed by atoms with Gasteiger partial charge in [-0.2, -0.15) is 13.2 Å². The van der Waals surface area contributed by atoms with E-state index in [0.29, 0.717) is 5.69 Å². The third-order valence-electron chi connectivity index (χ3n) is 3.77. The zero-order chi connectivity index (χ0) is 15.0. The summed E-state index contributed by atoms with van der Waals surface area (Å²) in [7, 11) is 0. The highest BCUT2D eigenvalue weighted by atomic mass is 19.4. The fourth-order valence-corrected chi connectivity index (χ4v) is 2.51. The van der Waals surface area contributed by atoms with Crippen molar-refractivity contribution in [2.75, 3.05) is 31.1 Å². The summed E-state index contributed by atoms with van der Waals surface area (Å²) in [6, 6.07) is 5.60. The highest BCUT2D eigenvalue weighted by Gasteiger charge is 2.31.